The molecule has 3 aliphatic carbocycles. The van der Waals surface area contributed by atoms with Crippen LogP contribution in [0.4, 0.5) is 17.1 Å². The third kappa shape index (κ3) is 6.88. The van der Waals surface area contributed by atoms with Gasteiger partial charge >= 0.3 is 0 Å². The second-order valence-corrected chi connectivity index (χ2v) is 19.8. The van der Waals surface area contributed by atoms with Gasteiger partial charge in [0.05, 0.1) is 0 Å². The van der Waals surface area contributed by atoms with Crippen molar-refractivity contribution in [2.24, 2.45) is 5.92 Å². The van der Waals surface area contributed by atoms with Crippen LogP contribution in [0.5, 0.6) is 5.75 Å². The zero-order chi connectivity index (χ0) is 43.7. The number of allylic oxidation sites excluding steroid dienone is 8. The summed E-state index contributed by atoms with van der Waals surface area (Å²) in [5.74, 6) is 2.77. The number of hydrogen-bond acceptors (Lipinski definition) is 2. The molecule has 0 aromatic heterocycles. The van der Waals surface area contributed by atoms with E-state index in [1.54, 1.807) is 0 Å². The lowest BCUT2D eigenvalue weighted by atomic mass is 9.71. The molecule has 2 unspecified atom stereocenters. The summed E-state index contributed by atoms with van der Waals surface area (Å²) in [7, 11) is 0. The zero-order valence-corrected chi connectivity index (χ0v) is 37.8. The summed E-state index contributed by atoms with van der Waals surface area (Å²) in [6.45, 7) is 14.1. The topological polar surface area (TPSA) is 12.5 Å². The van der Waals surface area contributed by atoms with Crippen LogP contribution in [0.3, 0.4) is 0 Å². The molecule has 0 bridgehead atoms. The number of hydrogen-bond donors (Lipinski definition) is 0. The molecule has 2 nitrogen and oxygen atoms in total. The van der Waals surface area contributed by atoms with Gasteiger partial charge in [0.2, 0.25) is 0 Å². The van der Waals surface area contributed by atoms with Crippen LogP contribution in [0.15, 0.2) is 205 Å². The van der Waals surface area contributed by atoms with Crippen molar-refractivity contribution in [3.63, 3.8) is 0 Å². The fraction of sp³-hybridized carbons (Fsp3) is 0.194. The Bertz CT molecular complexity index is 3080. The van der Waals surface area contributed by atoms with Crippen molar-refractivity contribution in [3.05, 3.63) is 233 Å². The monoisotopic (exact) mass is 829 g/mol. The number of para-hydroxylation sites is 1. The standard InChI is InChI=1S/C62H55NO/c1-40-36-48(30-33-50(40)51-16-10-12-18-56(51)61(2,3)4)63(47-28-24-44(25-29-47)43-22-20-42(21-23-43)41-14-8-7-9-15-41)49-31-34-53-52-32-26-46(38-57(52)62(5,6)58(53)39-49)45-27-35-60-55(37-45)54-17-11-13-19-59(54)64-60/h7-36,39,55,57H,37-38H2,1-6H3. The minimum absolute atomic E-state index is 0.0303. The van der Waals surface area contributed by atoms with Gasteiger partial charge in [0.1, 0.15) is 11.5 Å². The highest BCUT2D eigenvalue weighted by Crippen LogP contribution is 2.57. The number of fused-ring (bicyclic) bond motifs is 6. The Hall–Kier alpha value is -6.90. The smallest absolute Gasteiger partial charge is 0.130 e. The van der Waals surface area contributed by atoms with E-state index in [0.717, 1.165) is 35.7 Å². The lowest BCUT2D eigenvalue weighted by Crippen LogP contribution is -2.26. The zero-order valence-electron chi connectivity index (χ0n) is 37.8. The Morgan fingerprint density at radius 3 is 1.83 bits per heavy atom. The Morgan fingerprint density at radius 1 is 0.531 bits per heavy atom. The Kier molecular flexibility index (Phi) is 9.62. The van der Waals surface area contributed by atoms with Crippen LogP contribution in [-0.2, 0) is 10.8 Å². The molecule has 11 rings (SSSR count). The molecular formula is C62H55NO. The summed E-state index contributed by atoms with van der Waals surface area (Å²) in [5.41, 5.74) is 22.0. The average molecular weight is 830 g/mol. The van der Waals surface area contributed by atoms with E-state index in [2.05, 4.69) is 235 Å². The molecule has 4 aliphatic rings. The Morgan fingerprint density at radius 2 is 1.11 bits per heavy atom. The van der Waals surface area contributed by atoms with Crippen molar-refractivity contribution in [2.75, 3.05) is 4.90 Å². The number of nitrogens with zero attached hydrogens (tertiary/aromatic N) is 1. The maximum Gasteiger partial charge on any atom is 0.130 e. The summed E-state index contributed by atoms with van der Waals surface area (Å²) in [6.07, 6.45) is 11.4. The van der Waals surface area contributed by atoms with Crippen LogP contribution >= 0.6 is 0 Å². The normalized spacial score (nSPS) is 18.0. The van der Waals surface area contributed by atoms with Crippen molar-refractivity contribution in [1.29, 1.82) is 0 Å². The highest BCUT2D eigenvalue weighted by Gasteiger charge is 2.45. The molecule has 64 heavy (non-hydrogen) atoms. The summed E-state index contributed by atoms with van der Waals surface area (Å²) in [5, 5.41) is 0. The number of ether oxygens (including phenoxy) is 1. The Balaban J connectivity index is 0.948. The van der Waals surface area contributed by atoms with Crippen LogP contribution in [0.1, 0.15) is 81.2 Å². The lowest BCUT2D eigenvalue weighted by molar-refractivity contribution is 0.406. The fourth-order valence-electron chi connectivity index (χ4n) is 11.0. The van der Waals surface area contributed by atoms with Crippen LogP contribution in [0.2, 0.25) is 0 Å². The van der Waals surface area contributed by atoms with Gasteiger partial charge in [-0.15, -0.1) is 0 Å². The molecule has 0 fully saturated rings. The van der Waals surface area contributed by atoms with E-state index < -0.39 is 0 Å². The SMILES string of the molecule is Cc1cc(N(c2ccc(-c3ccc(-c4ccccc4)cc3)cc2)c2ccc3c(c2)C(C)(C)C2CC(C4=CC=C5Oc6ccccc6C5C4)=CC=C32)ccc1-c1ccccc1C(C)(C)C. The molecule has 0 saturated carbocycles. The number of rotatable bonds is 7. The first-order chi connectivity index (χ1) is 31.0. The summed E-state index contributed by atoms with van der Waals surface area (Å²) in [6, 6.07) is 60.4. The van der Waals surface area contributed by atoms with Gasteiger partial charge in [0.15, 0.2) is 0 Å². The predicted octanol–water partition coefficient (Wildman–Crippen LogP) is 16.8. The molecule has 2 heteroatoms. The van der Waals surface area contributed by atoms with Crippen molar-refractivity contribution >= 4 is 22.6 Å². The maximum absolute atomic E-state index is 6.26. The predicted molar refractivity (Wildman–Crippen MR) is 269 cm³/mol. The van der Waals surface area contributed by atoms with Crippen LogP contribution in [-0.4, -0.2) is 0 Å². The molecule has 7 aromatic carbocycles. The molecule has 7 aromatic rings. The summed E-state index contributed by atoms with van der Waals surface area (Å²) in [4.78, 5) is 2.46. The van der Waals surface area contributed by atoms with Crippen molar-refractivity contribution in [2.45, 2.75) is 71.1 Å². The van der Waals surface area contributed by atoms with E-state index in [0.29, 0.717) is 11.8 Å². The average Bonchev–Trinajstić information content (AvgIpc) is 3.80. The first-order valence-corrected chi connectivity index (χ1v) is 23.0. The van der Waals surface area contributed by atoms with Crippen molar-refractivity contribution in [1.82, 2.24) is 0 Å². The molecule has 2 atom stereocenters. The van der Waals surface area contributed by atoms with Crippen LogP contribution in [0.25, 0.3) is 39.0 Å². The van der Waals surface area contributed by atoms with Crippen molar-refractivity contribution < 1.29 is 4.74 Å². The van der Waals surface area contributed by atoms with E-state index in [1.807, 2.05) is 0 Å². The number of benzene rings is 7. The molecule has 1 heterocycles. The lowest BCUT2D eigenvalue weighted by Gasteiger charge is -2.33. The molecule has 0 radical (unpaired) electrons. The van der Waals surface area contributed by atoms with Gasteiger partial charge in [-0.05, 0) is 157 Å². The molecule has 0 saturated heterocycles. The molecule has 0 spiro atoms. The maximum atomic E-state index is 6.26. The minimum Gasteiger partial charge on any atom is -0.461 e. The van der Waals surface area contributed by atoms with Gasteiger partial charge in [-0.25, -0.2) is 0 Å². The van der Waals surface area contributed by atoms with E-state index in [-0.39, 0.29) is 10.8 Å². The van der Waals surface area contributed by atoms with E-state index in [1.165, 1.54) is 83.6 Å². The number of aryl methyl sites for hydroxylation is 1. The van der Waals surface area contributed by atoms with Crippen LogP contribution in [0, 0.1) is 12.8 Å². The second kappa shape index (κ2) is 15.4. The molecule has 1 aliphatic heterocycles. The molecular weight excluding hydrogens is 775 g/mol. The van der Waals surface area contributed by atoms with Crippen molar-refractivity contribution in [3.8, 4) is 39.1 Å². The Labute approximate surface area is 379 Å². The number of anilines is 3. The van der Waals surface area contributed by atoms with E-state index in [4.69, 9.17) is 4.74 Å². The van der Waals surface area contributed by atoms with Crippen LogP contribution < -0.4 is 9.64 Å². The first kappa shape index (κ1) is 39.9. The van der Waals surface area contributed by atoms with Gasteiger partial charge in [0.25, 0.3) is 0 Å². The van der Waals surface area contributed by atoms with E-state index >= 15 is 0 Å². The largest absolute Gasteiger partial charge is 0.461 e. The quantitative estimate of drug-likeness (QED) is 0.159. The van der Waals surface area contributed by atoms with Gasteiger partial charge in [-0.3, -0.25) is 0 Å². The van der Waals surface area contributed by atoms with Gasteiger partial charge in [-0.2, -0.15) is 0 Å². The second-order valence-electron chi connectivity index (χ2n) is 19.8. The highest BCUT2D eigenvalue weighted by molar-refractivity contribution is 5.86. The summed E-state index contributed by atoms with van der Waals surface area (Å²) < 4.78 is 6.26. The molecule has 0 amide bonds. The third-order valence-corrected chi connectivity index (χ3v) is 14.5. The minimum atomic E-state index is -0.0616. The van der Waals surface area contributed by atoms with Gasteiger partial charge in [-0.1, -0.05) is 174 Å². The summed E-state index contributed by atoms with van der Waals surface area (Å²) >= 11 is 0. The third-order valence-electron chi connectivity index (χ3n) is 14.5. The van der Waals surface area contributed by atoms with Gasteiger partial charge in [0, 0.05) is 28.5 Å². The van der Waals surface area contributed by atoms with Gasteiger partial charge < -0.3 is 9.64 Å². The fourth-order valence-corrected chi connectivity index (χ4v) is 11.0. The first-order valence-electron chi connectivity index (χ1n) is 23.0. The highest BCUT2D eigenvalue weighted by atomic mass is 16.5. The molecule has 314 valence electrons. The van der Waals surface area contributed by atoms with E-state index in [9.17, 15) is 0 Å². The molecule has 0 N–H and O–H groups in total.